The summed E-state index contributed by atoms with van der Waals surface area (Å²) in [4.78, 5) is 15.1. The van der Waals surface area contributed by atoms with Gasteiger partial charge in [0.2, 0.25) is 5.91 Å². The number of aromatic nitrogens is 1. The average Bonchev–Trinajstić information content (AvgIpc) is 3.04. The van der Waals surface area contributed by atoms with Gasteiger partial charge in [-0.15, -0.1) is 0 Å². The molecule has 0 aromatic carbocycles. The highest BCUT2D eigenvalue weighted by atomic mass is 16.2. The van der Waals surface area contributed by atoms with E-state index in [-0.39, 0.29) is 6.04 Å². The van der Waals surface area contributed by atoms with Crippen molar-refractivity contribution < 1.29 is 4.79 Å². The van der Waals surface area contributed by atoms with Gasteiger partial charge in [-0.05, 0) is 63.7 Å². The highest BCUT2D eigenvalue weighted by molar-refractivity contribution is 5.83. The van der Waals surface area contributed by atoms with E-state index in [2.05, 4.69) is 40.8 Å². The molecule has 4 heteroatoms. The number of aryl methyl sites for hydroxylation is 1. The van der Waals surface area contributed by atoms with E-state index in [1.54, 1.807) is 0 Å². The second-order valence-corrected chi connectivity index (χ2v) is 7.13. The first-order chi connectivity index (χ1) is 10.1. The lowest BCUT2D eigenvalue weighted by molar-refractivity contribution is -0.136. The molecule has 114 valence electrons. The fraction of sp³-hybridized carbons (Fsp3) is 0.706. The van der Waals surface area contributed by atoms with Gasteiger partial charge in [-0.25, -0.2) is 0 Å². The summed E-state index contributed by atoms with van der Waals surface area (Å²) in [5.41, 5.74) is 2.95. The van der Waals surface area contributed by atoms with Gasteiger partial charge in [0.05, 0.1) is 6.04 Å². The fourth-order valence-electron chi connectivity index (χ4n) is 4.50. The zero-order valence-corrected chi connectivity index (χ0v) is 13.1. The maximum Gasteiger partial charge on any atom is 0.226 e. The third kappa shape index (κ3) is 1.95. The van der Waals surface area contributed by atoms with Gasteiger partial charge in [-0.1, -0.05) is 0 Å². The summed E-state index contributed by atoms with van der Waals surface area (Å²) in [5.74, 6) is 0.708. The van der Waals surface area contributed by atoms with E-state index >= 15 is 0 Å². The topological polar surface area (TPSA) is 37.3 Å². The van der Waals surface area contributed by atoms with Gasteiger partial charge in [0.25, 0.3) is 0 Å². The molecule has 2 fully saturated rings. The SMILES string of the molecule is Cc1ccc2n1CCN(C(=O)C1CC13CCNCC3)C2C. The first-order valence-corrected chi connectivity index (χ1v) is 8.30. The summed E-state index contributed by atoms with van der Waals surface area (Å²) >= 11 is 0. The Morgan fingerprint density at radius 1 is 1.29 bits per heavy atom. The molecule has 0 bridgehead atoms. The monoisotopic (exact) mass is 287 g/mol. The summed E-state index contributed by atoms with van der Waals surface area (Å²) in [7, 11) is 0. The van der Waals surface area contributed by atoms with Crippen LogP contribution in [0.2, 0.25) is 0 Å². The number of fused-ring (bicyclic) bond motifs is 1. The van der Waals surface area contributed by atoms with Gasteiger partial charge < -0.3 is 14.8 Å². The van der Waals surface area contributed by atoms with Gasteiger partial charge in [0, 0.05) is 30.4 Å². The second-order valence-electron chi connectivity index (χ2n) is 7.13. The van der Waals surface area contributed by atoms with Crippen LogP contribution in [0.1, 0.15) is 43.6 Å². The minimum atomic E-state index is 0.222. The third-order valence-corrected chi connectivity index (χ3v) is 6.06. The summed E-state index contributed by atoms with van der Waals surface area (Å²) in [5, 5.41) is 3.42. The predicted molar refractivity (Wildman–Crippen MR) is 81.9 cm³/mol. The molecule has 2 atom stereocenters. The largest absolute Gasteiger partial charge is 0.345 e. The van der Waals surface area contributed by atoms with Crippen molar-refractivity contribution in [3.8, 4) is 0 Å². The van der Waals surface area contributed by atoms with Crippen molar-refractivity contribution in [3.05, 3.63) is 23.5 Å². The molecule has 1 amide bonds. The molecule has 1 aromatic heterocycles. The molecular formula is C17H25N3O. The minimum absolute atomic E-state index is 0.222. The Hall–Kier alpha value is -1.29. The number of nitrogens with one attached hydrogen (secondary N) is 1. The Labute approximate surface area is 126 Å². The summed E-state index contributed by atoms with van der Waals surface area (Å²) in [6, 6.07) is 4.58. The number of hydrogen-bond acceptors (Lipinski definition) is 2. The van der Waals surface area contributed by atoms with Crippen LogP contribution in [-0.4, -0.2) is 35.0 Å². The maximum absolute atomic E-state index is 13.0. The minimum Gasteiger partial charge on any atom is -0.345 e. The maximum atomic E-state index is 13.0. The van der Waals surface area contributed by atoms with Crippen molar-refractivity contribution in [1.29, 1.82) is 0 Å². The number of carbonyl (C=O) groups is 1. The second kappa shape index (κ2) is 4.60. The molecule has 4 rings (SSSR count). The molecule has 2 aliphatic heterocycles. The van der Waals surface area contributed by atoms with Crippen LogP contribution in [0.25, 0.3) is 0 Å². The molecule has 1 saturated carbocycles. The van der Waals surface area contributed by atoms with E-state index in [1.807, 2.05) is 0 Å². The lowest BCUT2D eigenvalue weighted by Crippen LogP contribution is -2.43. The predicted octanol–water partition coefficient (Wildman–Crippen LogP) is 2.09. The molecule has 1 spiro atoms. The normalized spacial score (nSPS) is 30.3. The smallest absolute Gasteiger partial charge is 0.226 e. The van der Waals surface area contributed by atoms with Gasteiger partial charge in [-0.3, -0.25) is 4.79 Å². The van der Waals surface area contributed by atoms with Crippen molar-refractivity contribution in [2.45, 2.75) is 45.7 Å². The zero-order valence-electron chi connectivity index (χ0n) is 13.1. The first-order valence-electron chi connectivity index (χ1n) is 8.30. The number of carbonyl (C=O) groups excluding carboxylic acids is 1. The average molecular weight is 287 g/mol. The fourth-order valence-corrected chi connectivity index (χ4v) is 4.50. The Balaban J connectivity index is 1.51. The molecule has 0 radical (unpaired) electrons. The van der Waals surface area contributed by atoms with Gasteiger partial charge >= 0.3 is 0 Å². The molecule has 2 unspecified atom stereocenters. The Morgan fingerprint density at radius 3 is 2.81 bits per heavy atom. The van der Waals surface area contributed by atoms with Crippen LogP contribution < -0.4 is 5.32 Å². The van der Waals surface area contributed by atoms with E-state index in [4.69, 9.17) is 0 Å². The van der Waals surface area contributed by atoms with Gasteiger partial charge in [-0.2, -0.15) is 0 Å². The molecular weight excluding hydrogens is 262 g/mol. The van der Waals surface area contributed by atoms with E-state index in [0.717, 1.165) is 32.6 Å². The Kier molecular flexibility index (Phi) is 2.93. The van der Waals surface area contributed by atoms with Crippen molar-refractivity contribution in [2.75, 3.05) is 19.6 Å². The van der Waals surface area contributed by atoms with Gasteiger partial charge in [0.1, 0.15) is 0 Å². The molecule has 1 N–H and O–H groups in total. The summed E-state index contributed by atoms with van der Waals surface area (Å²) < 4.78 is 2.36. The van der Waals surface area contributed by atoms with E-state index in [9.17, 15) is 4.79 Å². The molecule has 3 heterocycles. The van der Waals surface area contributed by atoms with Crippen LogP contribution >= 0.6 is 0 Å². The highest BCUT2D eigenvalue weighted by Gasteiger charge is 2.59. The zero-order chi connectivity index (χ0) is 14.6. The van der Waals surface area contributed by atoms with E-state index in [0.29, 0.717) is 17.2 Å². The van der Waals surface area contributed by atoms with Crippen LogP contribution in [0.4, 0.5) is 0 Å². The molecule has 3 aliphatic rings. The van der Waals surface area contributed by atoms with Crippen LogP contribution in [0.3, 0.4) is 0 Å². The van der Waals surface area contributed by atoms with Gasteiger partial charge in [0.15, 0.2) is 0 Å². The molecule has 21 heavy (non-hydrogen) atoms. The van der Waals surface area contributed by atoms with Crippen LogP contribution in [-0.2, 0) is 11.3 Å². The molecule has 1 saturated heterocycles. The van der Waals surface area contributed by atoms with Crippen LogP contribution in [0.5, 0.6) is 0 Å². The van der Waals surface area contributed by atoms with Crippen molar-refractivity contribution in [3.63, 3.8) is 0 Å². The highest BCUT2D eigenvalue weighted by Crippen LogP contribution is 2.59. The lowest BCUT2D eigenvalue weighted by Gasteiger charge is -2.36. The number of rotatable bonds is 1. The standard InChI is InChI=1S/C17H25N3O/c1-12-3-4-15-13(2)20(10-9-19(12)15)16(21)14-11-17(14)5-7-18-8-6-17/h3-4,13-14,18H,5-11H2,1-2H3. The Bertz CT molecular complexity index is 571. The van der Waals surface area contributed by atoms with Crippen LogP contribution in [0, 0.1) is 18.3 Å². The van der Waals surface area contributed by atoms with Crippen molar-refractivity contribution in [1.82, 2.24) is 14.8 Å². The number of nitrogens with zero attached hydrogens (tertiary/aromatic N) is 2. The number of amides is 1. The Morgan fingerprint density at radius 2 is 2.05 bits per heavy atom. The summed E-state index contributed by atoms with van der Waals surface area (Å²) in [6.45, 7) is 8.32. The number of hydrogen-bond donors (Lipinski definition) is 1. The van der Waals surface area contributed by atoms with Crippen molar-refractivity contribution >= 4 is 5.91 Å². The first kappa shape index (κ1) is 13.4. The third-order valence-electron chi connectivity index (χ3n) is 6.06. The van der Waals surface area contributed by atoms with Crippen LogP contribution in [0.15, 0.2) is 12.1 Å². The van der Waals surface area contributed by atoms with E-state index < -0.39 is 0 Å². The molecule has 1 aliphatic carbocycles. The summed E-state index contributed by atoms with van der Waals surface area (Å²) in [6.07, 6.45) is 3.49. The van der Waals surface area contributed by atoms with E-state index in [1.165, 1.54) is 24.2 Å². The number of piperidine rings is 1. The van der Waals surface area contributed by atoms with Crippen molar-refractivity contribution in [2.24, 2.45) is 11.3 Å². The quantitative estimate of drug-likeness (QED) is 0.859. The lowest BCUT2D eigenvalue weighted by atomic mass is 9.91. The molecule has 4 nitrogen and oxygen atoms in total. The molecule has 1 aromatic rings.